The van der Waals surface area contributed by atoms with E-state index in [1.165, 1.54) is 19.4 Å². The summed E-state index contributed by atoms with van der Waals surface area (Å²) in [6.07, 6.45) is 5.93. The summed E-state index contributed by atoms with van der Waals surface area (Å²) >= 11 is 0. The molecular formula is C12H21N5. The molecule has 0 bridgehead atoms. The van der Waals surface area contributed by atoms with Gasteiger partial charge in [0.2, 0.25) is 0 Å². The average Bonchev–Trinajstić information content (AvgIpc) is 2.77. The minimum atomic E-state index is 0.471. The van der Waals surface area contributed by atoms with Crippen molar-refractivity contribution < 1.29 is 0 Å². The predicted octanol–water partition coefficient (Wildman–Crippen LogP) is 0.979. The zero-order valence-electron chi connectivity index (χ0n) is 10.6. The van der Waals surface area contributed by atoms with Crippen molar-refractivity contribution in [1.29, 1.82) is 0 Å². The largest absolute Gasteiger partial charge is 0.382 e. The second-order valence-corrected chi connectivity index (χ2v) is 4.60. The Kier molecular flexibility index (Phi) is 3.78. The summed E-state index contributed by atoms with van der Waals surface area (Å²) in [5.74, 6) is 1.36. The molecule has 1 aromatic rings. The molecule has 0 aromatic carbocycles. The van der Waals surface area contributed by atoms with Crippen molar-refractivity contribution in [2.75, 3.05) is 37.3 Å². The Morgan fingerprint density at radius 3 is 2.94 bits per heavy atom. The van der Waals surface area contributed by atoms with E-state index < -0.39 is 0 Å². The fourth-order valence-electron chi connectivity index (χ4n) is 2.46. The van der Waals surface area contributed by atoms with E-state index in [-0.39, 0.29) is 0 Å². The van der Waals surface area contributed by atoms with Crippen molar-refractivity contribution in [3.8, 4) is 0 Å². The minimum absolute atomic E-state index is 0.471. The van der Waals surface area contributed by atoms with E-state index in [2.05, 4.69) is 33.7 Å². The Morgan fingerprint density at radius 1 is 1.47 bits per heavy atom. The molecule has 0 spiro atoms. The van der Waals surface area contributed by atoms with Crippen molar-refractivity contribution in [1.82, 2.24) is 14.9 Å². The predicted molar refractivity (Wildman–Crippen MR) is 70.0 cm³/mol. The van der Waals surface area contributed by atoms with Crippen LogP contribution in [0.15, 0.2) is 12.4 Å². The topological polar surface area (TPSA) is 58.3 Å². The van der Waals surface area contributed by atoms with Crippen LogP contribution < -0.4 is 10.6 Å². The van der Waals surface area contributed by atoms with Crippen LogP contribution in [-0.4, -0.2) is 47.6 Å². The Hall–Kier alpha value is -1.36. The van der Waals surface area contributed by atoms with Crippen molar-refractivity contribution in [2.24, 2.45) is 0 Å². The van der Waals surface area contributed by atoms with Crippen LogP contribution in [0, 0.1) is 0 Å². The maximum Gasteiger partial charge on any atom is 0.147 e. The number of aromatic nitrogens is 2. The minimum Gasteiger partial charge on any atom is -0.382 e. The molecule has 1 aromatic heterocycles. The molecule has 0 aliphatic carbocycles. The zero-order valence-corrected chi connectivity index (χ0v) is 10.6. The van der Waals surface area contributed by atoms with E-state index >= 15 is 0 Å². The van der Waals surface area contributed by atoms with Crippen LogP contribution in [0.3, 0.4) is 0 Å². The molecule has 2 rings (SSSR count). The van der Waals surface area contributed by atoms with Gasteiger partial charge in [-0.25, -0.2) is 9.97 Å². The number of anilines is 2. The molecule has 1 unspecified atom stereocenters. The Morgan fingerprint density at radius 2 is 2.29 bits per heavy atom. The standard InChI is InChI=1S/C12H21N5/c1-3-17-6-4-5-10(17)9-16(2)12-8-14-11(13)7-15-12/h7-8,10H,3-6,9H2,1-2H3,(H2,13,14). The van der Waals surface area contributed by atoms with E-state index in [1.807, 2.05) is 0 Å². The van der Waals surface area contributed by atoms with E-state index in [1.54, 1.807) is 12.4 Å². The van der Waals surface area contributed by atoms with Gasteiger partial charge >= 0.3 is 0 Å². The summed E-state index contributed by atoms with van der Waals surface area (Å²) in [6, 6.07) is 0.643. The smallest absolute Gasteiger partial charge is 0.147 e. The van der Waals surface area contributed by atoms with Gasteiger partial charge in [0, 0.05) is 19.6 Å². The van der Waals surface area contributed by atoms with Gasteiger partial charge in [-0.2, -0.15) is 0 Å². The third-order valence-corrected chi connectivity index (χ3v) is 3.44. The van der Waals surface area contributed by atoms with Gasteiger partial charge in [0.1, 0.15) is 11.6 Å². The summed E-state index contributed by atoms with van der Waals surface area (Å²) < 4.78 is 0. The third-order valence-electron chi connectivity index (χ3n) is 3.44. The van der Waals surface area contributed by atoms with Gasteiger partial charge in [-0.1, -0.05) is 6.92 Å². The number of nitrogens with two attached hydrogens (primary N) is 1. The first kappa shape index (κ1) is 12.1. The number of nitrogens with zero attached hydrogens (tertiary/aromatic N) is 4. The molecule has 5 heteroatoms. The molecule has 2 N–H and O–H groups in total. The van der Waals surface area contributed by atoms with Crippen LogP contribution >= 0.6 is 0 Å². The lowest BCUT2D eigenvalue weighted by Gasteiger charge is -2.28. The maximum atomic E-state index is 5.53. The number of rotatable bonds is 4. The molecule has 0 saturated carbocycles. The monoisotopic (exact) mass is 235 g/mol. The van der Waals surface area contributed by atoms with Gasteiger partial charge < -0.3 is 10.6 Å². The normalized spacial score (nSPS) is 20.7. The lowest BCUT2D eigenvalue weighted by Crippen LogP contribution is -2.39. The maximum absolute atomic E-state index is 5.53. The fourth-order valence-corrected chi connectivity index (χ4v) is 2.46. The number of nitrogen functional groups attached to an aromatic ring is 1. The third kappa shape index (κ3) is 2.85. The van der Waals surface area contributed by atoms with Gasteiger partial charge in [-0.3, -0.25) is 4.90 Å². The van der Waals surface area contributed by atoms with Crippen LogP contribution in [0.5, 0.6) is 0 Å². The first-order valence-corrected chi connectivity index (χ1v) is 6.23. The first-order chi connectivity index (χ1) is 8.20. The molecule has 0 radical (unpaired) electrons. The SMILES string of the molecule is CCN1CCCC1CN(C)c1cnc(N)cn1. The van der Waals surface area contributed by atoms with Crippen LogP contribution in [0.4, 0.5) is 11.6 Å². The summed E-state index contributed by atoms with van der Waals surface area (Å²) in [4.78, 5) is 13.1. The molecule has 1 saturated heterocycles. The molecule has 0 amide bonds. The number of likely N-dealkylation sites (N-methyl/N-ethyl adjacent to an activating group) is 2. The van der Waals surface area contributed by atoms with Gasteiger partial charge in [0.15, 0.2) is 0 Å². The van der Waals surface area contributed by atoms with Gasteiger partial charge in [-0.15, -0.1) is 0 Å². The molecule has 1 aliphatic heterocycles. The number of hydrogen-bond donors (Lipinski definition) is 1. The highest BCUT2D eigenvalue weighted by Gasteiger charge is 2.24. The molecule has 5 nitrogen and oxygen atoms in total. The van der Waals surface area contributed by atoms with Gasteiger partial charge in [-0.05, 0) is 25.9 Å². The van der Waals surface area contributed by atoms with Crippen molar-refractivity contribution in [3.63, 3.8) is 0 Å². The highest BCUT2D eigenvalue weighted by atomic mass is 15.2. The van der Waals surface area contributed by atoms with Crippen molar-refractivity contribution in [3.05, 3.63) is 12.4 Å². The molecular weight excluding hydrogens is 214 g/mol. The number of hydrogen-bond acceptors (Lipinski definition) is 5. The molecule has 1 atom stereocenters. The molecule has 94 valence electrons. The Balaban J connectivity index is 1.96. The molecule has 1 aliphatic rings. The quantitative estimate of drug-likeness (QED) is 0.843. The van der Waals surface area contributed by atoms with E-state index in [9.17, 15) is 0 Å². The Bertz CT molecular complexity index is 350. The second-order valence-electron chi connectivity index (χ2n) is 4.60. The zero-order chi connectivity index (χ0) is 12.3. The summed E-state index contributed by atoms with van der Waals surface area (Å²) in [6.45, 7) is 5.59. The van der Waals surface area contributed by atoms with Crippen LogP contribution in [0.25, 0.3) is 0 Å². The highest BCUT2D eigenvalue weighted by Crippen LogP contribution is 2.19. The number of likely N-dealkylation sites (tertiary alicyclic amines) is 1. The van der Waals surface area contributed by atoms with Crippen molar-refractivity contribution >= 4 is 11.6 Å². The van der Waals surface area contributed by atoms with Crippen LogP contribution in [0.1, 0.15) is 19.8 Å². The average molecular weight is 235 g/mol. The highest BCUT2D eigenvalue weighted by molar-refractivity contribution is 5.38. The molecule has 1 fully saturated rings. The second kappa shape index (κ2) is 5.31. The fraction of sp³-hybridized carbons (Fsp3) is 0.667. The summed E-state index contributed by atoms with van der Waals surface area (Å²) in [5.41, 5.74) is 5.53. The van der Waals surface area contributed by atoms with E-state index in [0.717, 1.165) is 18.9 Å². The first-order valence-electron chi connectivity index (χ1n) is 6.23. The molecule has 2 heterocycles. The molecule has 17 heavy (non-hydrogen) atoms. The Labute approximate surface area is 103 Å². The van der Waals surface area contributed by atoms with Crippen molar-refractivity contribution in [2.45, 2.75) is 25.8 Å². The van der Waals surface area contributed by atoms with Crippen LogP contribution in [0.2, 0.25) is 0 Å². The van der Waals surface area contributed by atoms with Gasteiger partial charge in [0.05, 0.1) is 12.4 Å². The van der Waals surface area contributed by atoms with Gasteiger partial charge in [0.25, 0.3) is 0 Å². The van der Waals surface area contributed by atoms with Crippen LogP contribution in [-0.2, 0) is 0 Å². The lowest BCUT2D eigenvalue weighted by atomic mass is 10.2. The summed E-state index contributed by atoms with van der Waals surface area (Å²) in [5, 5.41) is 0. The van der Waals surface area contributed by atoms with E-state index in [4.69, 9.17) is 5.73 Å². The van der Waals surface area contributed by atoms with E-state index in [0.29, 0.717) is 11.9 Å². The summed E-state index contributed by atoms with van der Waals surface area (Å²) in [7, 11) is 2.06. The lowest BCUT2D eigenvalue weighted by molar-refractivity contribution is 0.270.